The van der Waals surface area contributed by atoms with Crippen LogP contribution in [0.1, 0.15) is 39.2 Å². The summed E-state index contributed by atoms with van der Waals surface area (Å²) in [5.74, 6) is 3.23. The Kier molecular flexibility index (Phi) is 9.97. The number of ether oxygens (including phenoxy) is 2. The van der Waals surface area contributed by atoms with E-state index in [1.54, 1.807) is 7.11 Å². The topological polar surface area (TPSA) is 58.1 Å². The average Bonchev–Trinajstić information content (AvgIpc) is 3.18. The molecule has 0 radical (unpaired) electrons. The third-order valence-electron chi connectivity index (χ3n) is 5.13. The van der Waals surface area contributed by atoms with Crippen LogP contribution in [0.15, 0.2) is 23.2 Å². The fraction of sp³-hybridized carbons (Fsp3) is 0.682. The lowest BCUT2D eigenvalue weighted by atomic mass is 10.1. The van der Waals surface area contributed by atoms with E-state index in [1.165, 1.54) is 25.1 Å². The lowest BCUT2D eigenvalue weighted by molar-refractivity contribution is 0.310. The minimum Gasteiger partial charge on any atom is -0.493 e. The van der Waals surface area contributed by atoms with Crippen LogP contribution >= 0.6 is 0 Å². The Labute approximate surface area is 170 Å². The van der Waals surface area contributed by atoms with Crippen LogP contribution in [-0.4, -0.2) is 63.8 Å². The van der Waals surface area contributed by atoms with Crippen LogP contribution < -0.4 is 20.1 Å². The highest BCUT2D eigenvalue weighted by Gasteiger charge is 2.20. The minimum atomic E-state index is 0.640. The summed E-state index contributed by atoms with van der Waals surface area (Å²) in [6.45, 7) is 13.2. The van der Waals surface area contributed by atoms with Gasteiger partial charge in [0.1, 0.15) is 0 Å². The van der Waals surface area contributed by atoms with Crippen molar-refractivity contribution < 1.29 is 9.47 Å². The zero-order valence-corrected chi connectivity index (χ0v) is 18.1. The maximum absolute atomic E-state index is 5.67. The maximum Gasteiger partial charge on any atom is 0.191 e. The molecule has 0 aliphatic carbocycles. The van der Waals surface area contributed by atoms with Crippen LogP contribution in [0.5, 0.6) is 11.5 Å². The first-order valence-electron chi connectivity index (χ1n) is 10.7. The molecule has 0 saturated carbocycles. The first kappa shape index (κ1) is 22.3. The molecule has 1 aliphatic rings. The molecule has 2 N–H and O–H groups in total. The summed E-state index contributed by atoms with van der Waals surface area (Å²) in [5, 5.41) is 6.83. The number of aryl methyl sites for hydroxylation is 1. The maximum atomic E-state index is 5.67. The normalized spacial score (nSPS) is 17.6. The molecule has 1 aliphatic heterocycles. The molecule has 0 bridgehead atoms. The minimum absolute atomic E-state index is 0.640. The first-order chi connectivity index (χ1) is 13.7. The highest BCUT2D eigenvalue weighted by molar-refractivity contribution is 5.79. The number of hydrogen-bond donors (Lipinski definition) is 2. The molecule has 158 valence electrons. The van der Waals surface area contributed by atoms with Gasteiger partial charge in [-0.15, -0.1) is 0 Å². The number of aliphatic imine (C=N–C) groups is 1. The number of nitrogens with zero attached hydrogens (tertiary/aromatic N) is 2. The quantitative estimate of drug-likeness (QED) is 0.346. The summed E-state index contributed by atoms with van der Waals surface area (Å²) in [5.41, 5.74) is 1.26. The van der Waals surface area contributed by atoms with Crippen molar-refractivity contribution in [3.8, 4) is 11.5 Å². The first-order valence-corrected chi connectivity index (χ1v) is 10.7. The van der Waals surface area contributed by atoms with Crippen LogP contribution in [0.25, 0.3) is 0 Å². The largest absolute Gasteiger partial charge is 0.493 e. The number of hydrogen-bond acceptors (Lipinski definition) is 4. The number of likely N-dealkylation sites (tertiary alicyclic amines) is 1. The highest BCUT2D eigenvalue weighted by atomic mass is 16.5. The number of guanidine groups is 1. The molecule has 1 unspecified atom stereocenters. The molecule has 1 atom stereocenters. The van der Waals surface area contributed by atoms with E-state index in [0.29, 0.717) is 12.5 Å². The van der Waals surface area contributed by atoms with Crippen LogP contribution in [0.3, 0.4) is 0 Å². The third kappa shape index (κ3) is 7.23. The van der Waals surface area contributed by atoms with Gasteiger partial charge >= 0.3 is 0 Å². The van der Waals surface area contributed by atoms with Crippen molar-refractivity contribution in [1.82, 2.24) is 15.5 Å². The van der Waals surface area contributed by atoms with Crippen molar-refractivity contribution in [2.75, 3.05) is 53.0 Å². The Morgan fingerprint density at radius 2 is 2.07 bits per heavy atom. The summed E-state index contributed by atoms with van der Waals surface area (Å²) in [7, 11) is 1.67. The van der Waals surface area contributed by atoms with Gasteiger partial charge in [0.2, 0.25) is 0 Å². The molecule has 0 amide bonds. The Morgan fingerprint density at radius 1 is 1.21 bits per heavy atom. The summed E-state index contributed by atoms with van der Waals surface area (Å²) in [4.78, 5) is 7.31. The van der Waals surface area contributed by atoms with E-state index in [1.807, 2.05) is 13.0 Å². The Balaban J connectivity index is 1.78. The van der Waals surface area contributed by atoms with E-state index in [0.717, 1.165) is 56.5 Å². The molecular formula is C22H38N4O2. The molecule has 1 heterocycles. The monoisotopic (exact) mass is 390 g/mol. The van der Waals surface area contributed by atoms with E-state index in [-0.39, 0.29) is 0 Å². The molecular weight excluding hydrogens is 352 g/mol. The van der Waals surface area contributed by atoms with Gasteiger partial charge in [0.05, 0.1) is 13.7 Å². The predicted molar refractivity (Wildman–Crippen MR) is 117 cm³/mol. The predicted octanol–water partition coefficient (Wildman–Crippen LogP) is 2.92. The number of benzene rings is 1. The zero-order chi connectivity index (χ0) is 20.2. The van der Waals surface area contributed by atoms with E-state index >= 15 is 0 Å². The third-order valence-corrected chi connectivity index (χ3v) is 5.13. The molecule has 28 heavy (non-hydrogen) atoms. The smallest absolute Gasteiger partial charge is 0.191 e. The second-order valence-corrected chi connectivity index (χ2v) is 7.22. The second-order valence-electron chi connectivity index (χ2n) is 7.22. The number of rotatable bonds is 11. The second kappa shape index (κ2) is 12.5. The van der Waals surface area contributed by atoms with Crippen LogP contribution in [-0.2, 0) is 6.42 Å². The van der Waals surface area contributed by atoms with Crippen molar-refractivity contribution in [1.29, 1.82) is 0 Å². The van der Waals surface area contributed by atoms with Gasteiger partial charge in [-0.1, -0.05) is 13.0 Å². The summed E-state index contributed by atoms with van der Waals surface area (Å²) in [6, 6.07) is 6.18. The van der Waals surface area contributed by atoms with Crippen molar-refractivity contribution in [3.05, 3.63) is 23.8 Å². The van der Waals surface area contributed by atoms with E-state index in [9.17, 15) is 0 Å². The van der Waals surface area contributed by atoms with E-state index in [2.05, 4.69) is 41.5 Å². The van der Waals surface area contributed by atoms with Gasteiger partial charge in [0, 0.05) is 26.2 Å². The van der Waals surface area contributed by atoms with Gasteiger partial charge in [-0.25, -0.2) is 0 Å². The SMILES string of the molecule is CCNC(=NCC1CCN(CC)C1)NCCCc1ccc(OC)c(OCC)c1. The van der Waals surface area contributed by atoms with Gasteiger partial charge in [0.25, 0.3) is 0 Å². The molecule has 1 fully saturated rings. The van der Waals surface area contributed by atoms with Crippen molar-refractivity contribution in [3.63, 3.8) is 0 Å². The Hall–Kier alpha value is -1.95. The van der Waals surface area contributed by atoms with Gasteiger partial charge < -0.3 is 25.0 Å². The molecule has 0 aromatic heterocycles. The standard InChI is InChI=1S/C22H38N4O2/c1-5-23-22(25-16-19-12-14-26(6-2)17-19)24-13-8-9-18-10-11-20(27-4)21(15-18)28-7-3/h10-11,15,19H,5-9,12-14,16-17H2,1-4H3,(H2,23,24,25). The van der Waals surface area contributed by atoms with Gasteiger partial charge in [-0.05, 0) is 69.8 Å². The van der Waals surface area contributed by atoms with Gasteiger partial charge in [-0.3, -0.25) is 4.99 Å². The molecule has 0 spiro atoms. The summed E-state index contributed by atoms with van der Waals surface area (Å²) < 4.78 is 11.0. The molecule has 1 aromatic carbocycles. The lowest BCUT2D eigenvalue weighted by Crippen LogP contribution is -2.38. The van der Waals surface area contributed by atoms with Crippen LogP contribution in [0.2, 0.25) is 0 Å². The zero-order valence-electron chi connectivity index (χ0n) is 18.1. The molecule has 2 rings (SSSR count). The molecule has 6 nitrogen and oxygen atoms in total. The summed E-state index contributed by atoms with van der Waals surface area (Å²) in [6.07, 6.45) is 3.29. The van der Waals surface area contributed by atoms with Crippen molar-refractivity contribution in [2.24, 2.45) is 10.9 Å². The fourth-order valence-electron chi connectivity index (χ4n) is 3.56. The molecule has 6 heteroatoms. The Morgan fingerprint density at radius 3 is 2.75 bits per heavy atom. The lowest BCUT2D eigenvalue weighted by Gasteiger charge is -2.14. The van der Waals surface area contributed by atoms with Crippen LogP contribution in [0, 0.1) is 5.92 Å². The average molecular weight is 391 g/mol. The fourth-order valence-corrected chi connectivity index (χ4v) is 3.56. The van der Waals surface area contributed by atoms with Crippen molar-refractivity contribution >= 4 is 5.96 Å². The highest BCUT2D eigenvalue weighted by Crippen LogP contribution is 2.28. The number of nitrogens with one attached hydrogen (secondary N) is 2. The summed E-state index contributed by atoms with van der Waals surface area (Å²) >= 11 is 0. The van der Waals surface area contributed by atoms with E-state index in [4.69, 9.17) is 14.5 Å². The van der Waals surface area contributed by atoms with Crippen LogP contribution in [0.4, 0.5) is 0 Å². The molecule has 1 aromatic rings. The van der Waals surface area contributed by atoms with Crippen molar-refractivity contribution in [2.45, 2.75) is 40.0 Å². The van der Waals surface area contributed by atoms with Gasteiger partial charge in [-0.2, -0.15) is 0 Å². The van der Waals surface area contributed by atoms with E-state index < -0.39 is 0 Å². The number of methoxy groups -OCH3 is 1. The molecule has 1 saturated heterocycles. The Bertz CT molecular complexity index is 606. The van der Waals surface area contributed by atoms with Gasteiger partial charge in [0.15, 0.2) is 17.5 Å².